The first-order valence-electron chi connectivity index (χ1n) is 8.84. The largest absolute Gasteiger partial charge is 0.697 e. The van der Waals surface area contributed by atoms with Gasteiger partial charge in [-0.2, -0.15) is 0 Å². The molecule has 2 rings (SSSR count). The van der Waals surface area contributed by atoms with E-state index in [1.54, 1.807) is 7.11 Å². The minimum Gasteiger partial charge on any atom is -0.492 e. The molecule has 1 aliphatic rings. The molecule has 5 nitrogen and oxygen atoms in total. The van der Waals surface area contributed by atoms with Gasteiger partial charge in [0.2, 0.25) is 0 Å². The van der Waals surface area contributed by atoms with Gasteiger partial charge in [0.1, 0.15) is 19.0 Å². The average molecular weight is 381 g/mol. The third kappa shape index (κ3) is 5.37. The second kappa shape index (κ2) is 8.62. The highest BCUT2D eigenvalue weighted by atomic mass is 31.1. The quantitative estimate of drug-likeness (QED) is 0.450. The molecular weight excluding hydrogens is 351 g/mol. The Morgan fingerprint density at radius 1 is 1.19 bits per heavy atom. The van der Waals surface area contributed by atoms with Crippen molar-refractivity contribution in [2.45, 2.75) is 41.2 Å². The van der Waals surface area contributed by atoms with E-state index in [-0.39, 0.29) is 24.0 Å². The molecule has 0 radical (unpaired) electrons. The van der Waals surface area contributed by atoms with Crippen molar-refractivity contribution in [3.05, 3.63) is 41.0 Å². The summed E-state index contributed by atoms with van der Waals surface area (Å²) in [5.41, 5.74) is 3.28. The fourth-order valence-electron chi connectivity index (χ4n) is 3.45. The van der Waals surface area contributed by atoms with Crippen molar-refractivity contribution in [1.29, 1.82) is 0 Å². The molecule has 1 aliphatic heterocycles. The highest BCUT2D eigenvalue weighted by Crippen LogP contribution is 2.49. The van der Waals surface area contributed by atoms with Gasteiger partial charge in [-0.1, -0.05) is 52.8 Å². The van der Waals surface area contributed by atoms with Crippen LogP contribution >= 0.6 is 8.25 Å². The molecule has 0 spiro atoms. The van der Waals surface area contributed by atoms with Crippen LogP contribution in [0.2, 0.25) is 0 Å². The van der Waals surface area contributed by atoms with Gasteiger partial charge >= 0.3 is 8.25 Å². The van der Waals surface area contributed by atoms with Crippen LogP contribution in [0.15, 0.2) is 29.8 Å². The van der Waals surface area contributed by atoms with Gasteiger partial charge in [0.25, 0.3) is 0 Å². The van der Waals surface area contributed by atoms with Crippen molar-refractivity contribution in [3.63, 3.8) is 0 Å². The van der Waals surface area contributed by atoms with Crippen LogP contribution in [0.1, 0.15) is 45.7 Å². The van der Waals surface area contributed by atoms with Crippen molar-refractivity contribution in [2.75, 3.05) is 26.9 Å². The van der Waals surface area contributed by atoms with Crippen LogP contribution in [-0.4, -0.2) is 26.9 Å². The summed E-state index contributed by atoms with van der Waals surface area (Å²) in [6, 6.07) is 7.98. The van der Waals surface area contributed by atoms with Gasteiger partial charge in [-0.05, 0) is 22.6 Å². The van der Waals surface area contributed by atoms with E-state index in [0.717, 1.165) is 16.9 Å². The van der Waals surface area contributed by atoms with Gasteiger partial charge in [-0.3, -0.25) is 0 Å². The summed E-state index contributed by atoms with van der Waals surface area (Å²) in [4.78, 5) is 0. The molecule has 0 fully saturated rings. The molecule has 0 saturated heterocycles. The Hall–Kier alpha value is -1.26. The molecule has 0 saturated carbocycles. The molecule has 1 aromatic carbocycles. The van der Waals surface area contributed by atoms with Gasteiger partial charge < -0.3 is 9.47 Å². The molecule has 1 atom stereocenters. The maximum absolute atomic E-state index is 11.7. The average Bonchev–Trinajstić information content (AvgIpc) is 2.89. The zero-order chi connectivity index (χ0) is 19.4. The van der Waals surface area contributed by atoms with Crippen molar-refractivity contribution in [1.82, 2.24) is 0 Å². The lowest BCUT2D eigenvalue weighted by atomic mass is 9.71. The smallest absolute Gasteiger partial charge is 0.492 e. The molecule has 1 heterocycles. The van der Waals surface area contributed by atoms with E-state index in [9.17, 15) is 4.57 Å². The van der Waals surface area contributed by atoms with E-state index in [0.29, 0.717) is 13.2 Å². The van der Waals surface area contributed by atoms with Crippen LogP contribution in [0.5, 0.6) is 0 Å². The second-order valence-corrected chi connectivity index (χ2v) is 9.11. The molecule has 6 heteroatoms. The van der Waals surface area contributed by atoms with E-state index in [4.69, 9.17) is 18.5 Å². The van der Waals surface area contributed by atoms with Crippen LogP contribution in [-0.2, 0) is 29.7 Å². The monoisotopic (exact) mass is 381 g/mol. The molecule has 1 unspecified atom stereocenters. The topological polar surface area (TPSA) is 54.0 Å². The fraction of sp³-hybridized carbons (Fsp3) is 0.600. The first kappa shape index (κ1) is 21.0. The lowest BCUT2D eigenvalue weighted by Crippen LogP contribution is -2.24. The van der Waals surface area contributed by atoms with Crippen LogP contribution in [0.3, 0.4) is 0 Å². The van der Waals surface area contributed by atoms with E-state index in [1.807, 2.05) is 24.3 Å². The van der Waals surface area contributed by atoms with E-state index >= 15 is 0 Å². The van der Waals surface area contributed by atoms with Crippen molar-refractivity contribution in [3.8, 4) is 0 Å². The summed E-state index contributed by atoms with van der Waals surface area (Å²) in [6.45, 7) is 12.6. The lowest BCUT2D eigenvalue weighted by Gasteiger charge is -2.30. The summed E-state index contributed by atoms with van der Waals surface area (Å²) >= 11 is 0. The maximum atomic E-state index is 11.7. The Kier molecular flexibility index (Phi) is 6.98. The van der Waals surface area contributed by atoms with Gasteiger partial charge in [0, 0.05) is 22.7 Å². The molecule has 0 aliphatic carbocycles. The van der Waals surface area contributed by atoms with Gasteiger partial charge in [-0.25, -0.2) is 0 Å². The molecule has 0 N–H and O–H groups in total. The number of methoxy groups -OCH3 is 1. The van der Waals surface area contributed by atoms with Gasteiger partial charge in [0.05, 0.1) is 13.2 Å². The Labute approximate surface area is 157 Å². The molecular formula is C20H30O5P+. The van der Waals surface area contributed by atoms with Crippen molar-refractivity contribution < 1.29 is 23.1 Å². The van der Waals surface area contributed by atoms with Gasteiger partial charge in [-0.15, -0.1) is 9.05 Å². The zero-order valence-corrected chi connectivity index (χ0v) is 17.5. The summed E-state index contributed by atoms with van der Waals surface area (Å²) in [7, 11) is -0.587. The molecule has 1 aromatic rings. The first-order valence-corrected chi connectivity index (χ1v) is 9.94. The van der Waals surface area contributed by atoms with E-state index < -0.39 is 8.25 Å². The fourth-order valence-corrected chi connectivity index (χ4v) is 4.00. The number of hydrogen-bond acceptors (Lipinski definition) is 5. The first-order chi connectivity index (χ1) is 12.1. The number of hydrogen-bond donors (Lipinski definition) is 0. The Balaban J connectivity index is 2.15. The minimum absolute atomic E-state index is 0.00137. The number of benzene rings is 1. The molecule has 0 aromatic heterocycles. The SMILES string of the molecule is COCCO[P+](=O)OCc1cccc(C2=C(C(C)(C)C)C(C)(C)CO2)c1. The van der Waals surface area contributed by atoms with E-state index in [2.05, 4.69) is 34.6 Å². The number of rotatable bonds is 8. The molecule has 26 heavy (non-hydrogen) atoms. The molecule has 144 valence electrons. The predicted octanol–water partition coefficient (Wildman–Crippen LogP) is 5.34. The summed E-state index contributed by atoms with van der Waals surface area (Å²) < 4.78 is 33.0. The van der Waals surface area contributed by atoms with Crippen LogP contribution in [0.25, 0.3) is 5.76 Å². The summed E-state index contributed by atoms with van der Waals surface area (Å²) in [5.74, 6) is 0.949. The third-order valence-electron chi connectivity index (χ3n) is 4.24. The standard InChI is InChI=1S/C20H30O5P/c1-19(2,3)18-17(23-14-20(18,4)5)16-9-7-8-15(12-16)13-25-26(21)24-11-10-22-6/h7-9,12H,10-11,13-14H2,1-6H3/q+1. The Bertz CT molecular complexity index is 673. The Morgan fingerprint density at radius 2 is 1.92 bits per heavy atom. The van der Waals surface area contributed by atoms with Crippen molar-refractivity contribution >= 4 is 14.0 Å². The van der Waals surface area contributed by atoms with Gasteiger partial charge in [0.15, 0.2) is 0 Å². The molecule has 0 bridgehead atoms. The number of ether oxygens (including phenoxy) is 2. The summed E-state index contributed by atoms with van der Waals surface area (Å²) in [6.07, 6.45) is 0. The van der Waals surface area contributed by atoms with Crippen LogP contribution in [0.4, 0.5) is 0 Å². The third-order valence-corrected chi connectivity index (χ3v) is 4.97. The maximum Gasteiger partial charge on any atom is 0.697 e. The minimum atomic E-state index is -2.15. The molecule has 0 amide bonds. The van der Waals surface area contributed by atoms with Crippen LogP contribution in [0, 0.1) is 10.8 Å². The van der Waals surface area contributed by atoms with Crippen LogP contribution < -0.4 is 0 Å². The van der Waals surface area contributed by atoms with Crippen molar-refractivity contribution in [2.24, 2.45) is 10.8 Å². The second-order valence-electron chi connectivity index (χ2n) is 8.15. The summed E-state index contributed by atoms with van der Waals surface area (Å²) in [5, 5.41) is 0. The highest BCUT2D eigenvalue weighted by molar-refractivity contribution is 7.33. The van der Waals surface area contributed by atoms with E-state index in [1.165, 1.54) is 5.57 Å². The Morgan fingerprint density at radius 3 is 2.58 bits per heavy atom. The lowest BCUT2D eigenvalue weighted by molar-refractivity contribution is 0.133. The predicted molar refractivity (Wildman–Crippen MR) is 103 cm³/mol. The zero-order valence-electron chi connectivity index (χ0n) is 16.6. The normalized spacial score (nSPS) is 17.4. The highest BCUT2D eigenvalue weighted by Gasteiger charge is 2.41.